The average molecular weight is 393 g/mol. The highest BCUT2D eigenvalue weighted by atomic mass is 19.3. The van der Waals surface area contributed by atoms with Gasteiger partial charge >= 0.3 is 12.6 Å². The fraction of sp³-hybridized carbons (Fsp3) is 0.444. The predicted octanol–water partition coefficient (Wildman–Crippen LogP) is 3.30. The number of unbranched alkanes of at least 4 members (excludes halogenated alkanes) is 2. The molecular formula is C18H21F2N5O3. The first-order valence-corrected chi connectivity index (χ1v) is 8.98. The summed E-state index contributed by atoms with van der Waals surface area (Å²) in [7, 11) is 0. The van der Waals surface area contributed by atoms with Gasteiger partial charge in [0.2, 0.25) is 5.95 Å². The second kappa shape index (κ2) is 8.77. The third-order valence-corrected chi connectivity index (χ3v) is 4.34. The molecule has 3 rings (SSSR count). The summed E-state index contributed by atoms with van der Waals surface area (Å²) in [5.74, 6) is -0.0767. The molecule has 0 aliphatic carbocycles. The fourth-order valence-corrected chi connectivity index (χ4v) is 3.01. The van der Waals surface area contributed by atoms with Gasteiger partial charge in [-0.05, 0) is 41.5 Å². The van der Waals surface area contributed by atoms with Crippen molar-refractivity contribution in [1.29, 1.82) is 0 Å². The maximum atomic E-state index is 12.8. The molecule has 0 saturated heterocycles. The van der Waals surface area contributed by atoms with Crippen LogP contribution in [0.25, 0.3) is 0 Å². The topological polar surface area (TPSA) is 91.2 Å². The highest BCUT2D eigenvalue weighted by molar-refractivity contribution is 5.92. The van der Waals surface area contributed by atoms with Crippen LogP contribution in [0, 0.1) is 0 Å². The molecule has 2 aromatic rings. The molecule has 10 heteroatoms. The maximum Gasteiger partial charge on any atom is 0.387 e. The van der Waals surface area contributed by atoms with Crippen molar-refractivity contribution in [3.63, 3.8) is 0 Å². The summed E-state index contributed by atoms with van der Waals surface area (Å²) in [5, 5.41) is 14.5. The van der Waals surface area contributed by atoms with Crippen molar-refractivity contribution in [2.24, 2.45) is 0 Å². The zero-order chi connectivity index (χ0) is 20.1. The molecule has 0 spiro atoms. The molecule has 1 aromatic heterocycles. The number of carbonyl (C=O) groups excluding carboxylic acids is 1. The lowest BCUT2D eigenvalue weighted by Gasteiger charge is -2.27. The van der Waals surface area contributed by atoms with E-state index in [1.807, 2.05) is 0 Å². The van der Waals surface area contributed by atoms with E-state index in [0.29, 0.717) is 29.4 Å². The molecule has 0 bridgehead atoms. The molecule has 150 valence electrons. The molecule has 0 fully saturated rings. The molecular weight excluding hydrogens is 372 g/mol. The van der Waals surface area contributed by atoms with Gasteiger partial charge in [-0.15, -0.1) is 0 Å². The highest BCUT2D eigenvalue weighted by Crippen LogP contribution is 2.35. The lowest BCUT2D eigenvalue weighted by molar-refractivity contribution is -0.139. The minimum absolute atomic E-state index is 0.0222. The van der Waals surface area contributed by atoms with Crippen molar-refractivity contribution >= 4 is 11.9 Å². The van der Waals surface area contributed by atoms with E-state index in [-0.39, 0.29) is 5.75 Å². The van der Waals surface area contributed by atoms with Crippen LogP contribution in [0.15, 0.2) is 35.5 Å². The number of carbonyl (C=O) groups is 1. The number of benzene rings is 1. The van der Waals surface area contributed by atoms with Gasteiger partial charge in [0.05, 0.1) is 12.2 Å². The van der Waals surface area contributed by atoms with Gasteiger partial charge in [-0.1, -0.05) is 37.0 Å². The van der Waals surface area contributed by atoms with Crippen LogP contribution in [0.4, 0.5) is 14.7 Å². The van der Waals surface area contributed by atoms with Crippen LogP contribution in [0.2, 0.25) is 0 Å². The van der Waals surface area contributed by atoms with E-state index in [1.165, 1.54) is 16.8 Å². The van der Waals surface area contributed by atoms with Crippen LogP contribution in [-0.4, -0.2) is 39.4 Å². The van der Waals surface area contributed by atoms with Crippen molar-refractivity contribution in [3.8, 4) is 5.75 Å². The van der Waals surface area contributed by atoms with Gasteiger partial charge in [-0.2, -0.15) is 13.5 Å². The molecule has 1 aromatic carbocycles. The van der Waals surface area contributed by atoms with Gasteiger partial charge in [0.1, 0.15) is 11.8 Å². The molecule has 1 N–H and O–H groups in total. The number of anilines is 1. The second-order valence-electron chi connectivity index (χ2n) is 6.30. The number of fused-ring (bicyclic) bond motifs is 1. The smallest absolute Gasteiger partial charge is 0.387 e. The van der Waals surface area contributed by atoms with Crippen molar-refractivity contribution in [1.82, 2.24) is 20.2 Å². The molecule has 0 amide bonds. The Kier molecular flexibility index (Phi) is 6.17. The first kappa shape index (κ1) is 19.7. The summed E-state index contributed by atoms with van der Waals surface area (Å²) in [6.07, 6.45) is 2.77. The normalized spacial score (nSPS) is 16.0. The Hall–Kier alpha value is -3.04. The van der Waals surface area contributed by atoms with E-state index < -0.39 is 18.6 Å². The number of nitrogens with zero attached hydrogens (tertiary/aromatic N) is 4. The van der Waals surface area contributed by atoms with Gasteiger partial charge in [-0.25, -0.2) is 4.79 Å². The van der Waals surface area contributed by atoms with Crippen LogP contribution in [0.5, 0.6) is 5.75 Å². The molecule has 1 aliphatic rings. The van der Waals surface area contributed by atoms with Crippen molar-refractivity contribution in [2.75, 3.05) is 11.9 Å². The van der Waals surface area contributed by atoms with Gasteiger partial charge in [0.25, 0.3) is 0 Å². The molecule has 1 atom stereocenters. The Morgan fingerprint density at radius 1 is 1.29 bits per heavy atom. The van der Waals surface area contributed by atoms with Crippen LogP contribution in [-0.2, 0) is 9.53 Å². The van der Waals surface area contributed by atoms with E-state index in [4.69, 9.17) is 4.74 Å². The average Bonchev–Trinajstić information content (AvgIpc) is 3.12. The van der Waals surface area contributed by atoms with E-state index in [2.05, 4.69) is 32.5 Å². The number of allylic oxidation sites excluding steroid dienone is 1. The van der Waals surface area contributed by atoms with Crippen molar-refractivity contribution in [2.45, 2.75) is 45.8 Å². The van der Waals surface area contributed by atoms with Crippen molar-refractivity contribution in [3.05, 3.63) is 41.1 Å². The maximum absolute atomic E-state index is 12.8. The molecule has 28 heavy (non-hydrogen) atoms. The monoisotopic (exact) mass is 393 g/mol. The van der Waals surface area contributed by atoms with Crippen LogP contribution in [0.3, 0.4) is 0 Å². The fourth-order valence-electron chi connectivity index (χ4n) is 3.01. The Morgan fingerprint density at radius 2 is 2.04 bits per heavy atom. The first-order valence-electron chi connectivity index (χ1n) is 8.98. The number of hydrogen-bond acceptors (Lipinski definition) is 7. The zero-order valence-corrected chi connectivity index (χ0v) is 15.6. The summed E-state index contributed by atoms with van der Waals surface area (Å²) in [4.78, 5) is 12.8. The zero-order valence-electron chi connectivity index (χ0n) is 15.6. The molecule has 0 radical (unpaired) electrons. The summed E-state index contributed by atoms with van der Waals surface area (Å²) in [6, 6.07) is 5.36. The predicted molar refractivity (Wildman–Crippen MR) is 95.8 cm³/mol. The van der Waals surface area contributed by atoms with Gasteiger partial charge in [0.15, 0.2) is 0 Å². The SMILES string of the molecule is CCCCCOC(=O)C1=C(C)Nc2nnnn2C1c1ccc(OC(F)F)cc1. The molecule has 1 unspecified atom stereocenters. The summed E-state index contributed by atoms with van der Waals surface area (Å²) < 4.78 is 36.1. The van der Waals surface area contributed by atoms with E-state index in [9.17, 15) is 13.6 Å². The highest BCUT2D eigenvalue weighted by Gasteiger charge is 2.34. The number of rotatable bonds is 8. The van der Waals surface area contributed by atoms with Crippen LogP contribution in [0.1, 0.15) is 44.7 Å². The largest absolute Gasteiger partial charge is 0.462 e. The third-order valence-electron chi connectivity index (χ3n) is 4.34. The summed E-state index contributed by atoms with van der Waals surface area (Å²) in [6.45, 7) is 1.21. The number of tetrazole rings is 1. The number of hydrogen-bond donors (Lipinski definition) is 1. The lowest BCUT2D eigenvalue weighted by Crippen LogP contribution is -2.29. The Bertz CT molecular complexity index is 851. The minimum Gasteiger partial charge on any atom is -0.462 e. The Labute approximate surface area is 160 Å². The summed E-state index contributed by atoms with van der Waals surface area (Å²) in [5.41, 5.74) is 1.57. The van der Waals surface area contributed by atoms with Gasteiger partial charge in [0, 0.05) is 5.70 Å². The van der Waals surface area contributed by atoms with Crippen LogP contribution >= 0.6 is 0 Å². The first-order chi connectivity index (χ1) is 13.5. The third kappa shape index (κ3) is 4.26. The number of esters is 1. The molecule has 2 heterocycles. The Morgan fingerprint density at radius 3 is 2.71 bits per heavy atom. The van der Waals surface area contributed by atoms with E-state index >= 15 is 0 Å². The Balaban J connectivity index is 1.89. The lowest BCUT2D eigenvalue weighted by atomic mass is 9.96. The van der Waals surface area contributed by atoms with Crippen molar-refractivity contribution < 1.29 is 23.0 Å². The van der Waals surface area contributed by atoms with Gasteiger partial charge in [-0.3, -0.25) is 0 Å². The number of nitrogens with one attached hydrogen (secondary N) is 1. The number of alkyl halides is 2. The number of halogens is 2. The second-order valence-corrected chi connectivity index (χ2v) is 6.30. The molecule has 1 aliphatic heterocycles. The van der Waals surface area contributed by atoms with E-state index in [0.717, 1.165) is 19.3 Å². The summed E-state index contributed by atoms with van der Waals surface area (Å²) >= 11 is 0. The number of ether oxygens (including phenoxy) is 2. The minimum atomic E-state index is -2.91. The van der Waals surface area contributed by atoms with Gasteiger partial charge < -0.3 is 14.8 Å². The van der Waals surface area contributed by atoms with E-state index in [1.54, 1.807) is 19.1 Å². The molecule has 8 nitrogen and oxygen atoms in total. The standard InChI is InChI=1S/C18H21F2N5O3/c1-3-4-5-10-27-16(26)14-11(2)21-18-22-23-24-25(18)15(14)12-6-8-13(9-7-12)28-17(19)20/h6-9,15,17H,3-5,10H2,1-2H3,(H,21,22,24). The molecule has 0 saturated carbocycles. The quantitative estimate of drug-likeness (QED) is 0.543. The van der Waals surface area contributed by atoms with Crippen LogP contribution < -0.4 is 10.1 Å². The number of aromatic nitrogens is 4.